The molecule has 0 saturated carbocycles. The summed E-state index contributed by atoms with van der Waals surface area (Å²) >= 11 is 0. The van der Waals surface area contributed by atoms with Gasteiger partial charge in [-0.15, -0.1) is 0 Å². The van der Waals surface area contributed by atoms with Crippen molar-refractivity contribution in [1.29, 1.82) is 0 Å². The summed E-state index contributed by atoms with van der Waals surface area (Å²) in [4.78, 5) is 2.47. The molecule has 1 N–H and O–H groups in total. The number of hydrogen-bond donors (Lipinski definition) is 1. The fourth-order valence-electron chi connectivity index (χ4n) is 4.49. The Bertz CT molecular complexity index is 758. The summed E-state index contributed by atoms with van der Waals surface area (Å²) in [5.74, 6) is 3.19. The van der Waals surface area contributed by atoms with E-state index in [4.69, 9.17) is 9.15 Å². The van der Waals surface area contributed by atoms with Crippen molar-refractivity contribution in [3.63, 3.8) is 0 Å². The molecule has 1 aromatic carbocycles. The fourth-order valence-corrected chi connectivity index (χ4v) is 4.49. The summed E-state index contributed by atoms with van der Waals surface area (Å²) in [6.45, 7) is 7.41. The summed E-state index contributed by atoms with van der Waals surface area (Å²) in [6.07, 6.45) is 1.86. The van der Waals surface area contributed by atoms with Gasteiger partial charge in [0.05, 0.1) is 12.7 Å². The Labute approximate surface area is 149 Å². The maximum atomic E-state index is 11.0. The second-order valence-electron chi connectivity index (χ2n) is 7.61. The Kier molecular flexibility index (Phi) is 4.34. The number of ether oxygens (including phenoxy) is 1. The standard InChI is InChI=1S/C21H27NO3/c1-13-4-5-16(18(10-13)24-3)21-14(2)11-19(25-21)20(23)17-12-22-8-6-15(17)7-9-22/h4-5,10-11,15,17,20,23H,6-9,12H2,1-3H3/t17?,20-/m0/s1. The lowest BCUT2D eigenvalue weighted by Gasteiger charge is -2.46. The second-order valence-corrected chi connectivity index (χ2v) is 7.61. The molecule has 3 aliphatic rings. The van der Waals surface area contributed by atoms with E-state index < -0.39 is 6.10 Å². The molecule has 0 spiro atoms. The van der Waals surface area contributed by atoms with Crippen molar-refractivity contribution in [2.24, 2.45) is 11.8 Å². The van der Waals surface area contributed by atoms with Crippen LogP contribution in [0.2, 0.25) is 0 Å². The lowest BCUT2D eigenvalue weighted by atomic mass is 9.75. The molecule has 2 atom stereocenters. The molecule has 134 valence electrons. The van der Waals surface area contributed by atoms with Crippen LogP contribution in [0.1, 0.15) is 35.8 Å². The maximum absolute atomic E-state index is 11.0. The molecule has 3 aliphatic heterocycles. The Morgan fingerprint density at radius 2 is 1.96 bits per heavy atom. The van der Waals surface area contributed by atoms with E-state index in [-0.39, 0.29) is 5.92 Å². The van der Waals surface area contributed by atoms with Crippen LogP contribution in [-0.2, 0) is 0 Å². The van der Waals surface area contributed by atoms with Crippen LogP contribution in [-0.4, -0.2) is 36.8 Å². The number of aryl methyl sites for hydroxylation is 2. The van der Waals surface area contributed by atoms with Crippen LogP contribution in [0.3, 0.4) is 0 Å². The third-order valence-electron chi connectivity index (χ3n) is 5.94. The molecule has 4 heterocycles. The first-order chi connectivity index (χ1) is 12.1. The van der Waals surface area contributed by atoms with E-state index in [1.165, 1.54) is 25.9 Å². The Morgan fingerprint density at radius 3 is 2.60 bits per heavy atom. The van der Waals surface area contributed by atoms with Crippen LogP contribution in [0.5, 0.6) is 5.75 Å². The van der Waals surface area contributed by atoms with Gasteiger partial charge in [-0.05, 0) is 75.0 Å². The van der Waals surface area contributed by atoms with Crippen LogP contribution in [0.4, 0.5) is 0 Å². The van der Waals surface area contributed by atoms with Gasteiger partial charge in [0.15, 0.2) is 0 Å². The molecular weight excluding hydrogens is 314 g/mol. The molecule has 0 amide bonds. The lowest BCUT2D eigenvalue weighted by Crippen LogP contribution is -2.49. The zero-order chi connectivity index (χ0) is 17.6. The Morgan fingerprint density at radius 1 is 1.20 bits per heavy atom. The second kappa shape index (κ2) is 6.50. The normalized spacial score (nSPS) is 26.6. The molecule has 2 aromatic rings. The zero-order valence-electron chi connectivity index (χ0n) is 15.3. The number of furan rings is 1. The van der Waals surface area contributed by atoms with E-state index in [9.17, 15) is 5.11 Å². The summed E-state index contributed by atoms with van der Waals surface area (Å²) in [6, 6.07) is 8.10. The number of aliphatic hydroxyl groups excluding tert-OH is 1. The van der Waals surface area contributed by atoms with Gasteiger partial charge >= 0.3 is 0 Å². The molecule has 1 aromatic heterocycles. The highest BCUT2D eigenvalue weighted by Gasteiger charge is 2.39. The van der Waals surface area contributed by atoms with Gasteiger partial charge in [-0.25, -0.2) is 0 Å². The van der Waals surface area contributed by atoms with Gasteiger partial charge in [0.1, 0.15) is 23.4 Å². The zero-order valence-corrected chi connectivity index (χ0v) is 15.3. The molecule has 0 radical (unpaired) electrons. The highest BCUT2D eigenvalue weighted by atomic mass is 16.5. The third kappa shape index (κ3) is 2.98. The van der Waals surface area contributed by atoms with Crippen LogP contribution >= 0.6 is 0 Å². The predicted molar refractivity (Wildman–Crippen MR) is 97.8 cm³/mol. The molecule has 4 nitrogen and oxygen atoms in total. The highest BCUT2D eigenvalue weighted by molar-refractivity contribution is 5.69. The number of fused-ring (bicyclic) bond motifs is 3. The van der Waals surface area contributed by atoms with Gasteiger partial charge in [-0.1, -0.05) is 6.07 Å². The monoisotopic (exact) mass is 341 g/mol. The molecule has 3 fully saturated rings. The molecule has 1 unspecified atom stereocenters. The molecule has 2 bridgehead atoms. The quantitative estimate of drug-likeness (QED) is 0.915. The summed E-state index contributed by atoms with van der Waals surface area (Å²) < 4.78 is 11.7. The van der Waals surface area contributed by atoms with E-state index in [0.717, 1.165) is 34.7 Å². The largest absolute Gasteiger partial charge is 0.496 e. The first kappa shape index (κ1) is 16.7. The Hall–Kier alpha value is -1.78. The number of nitrogens with zero attached hydrogens (tertiary/aromatic N) is 1. The summed E-state index contributed by atoms with van der Waals surface area (Å²) in [5.41, 5.74) is 3.13. The average molecular weight is 341 g/mol. The third-order valence-corrected chi connectivity index (χ3v) is 5.94. The summed E-state index contributed by atoms with van der Waals surface area (Å²) in [5, 5.41) is 11.0. The number of hydrogen-bond acceptors (Lipinski definition) is 4. The number of benzene rings is 1. The minimum atomic E-state index is -0.531. The van der Waals surface area contributed by atoms with E-state index in [2.05, 4.69) is 11.0 Å². The van der Waals surface area contributed by atoms with Crippen LogP contribution in [0.25, 0.3) is 11.3 Å². The van der Waals surface area contributed by atoms with Gasteiger partial charge in [0.2, 0.25) is 0 Å². The predicted octanol–water partition coefficient (Wildman–Crippen LogP) is 3.95. The van der Waals surface area contributed by atoms with Gasteiger partial charge < -0.3 is 19.2 Å². The first-order valence-electron chi connectivity index (χ1n) is 9.22. The van der Waals surface area contributed by atoms with Crippen molar-refractivity contribution in [3.8, 4) is 17.1 Å². The molecule has 5 rings (SSSR count). The van der Waals surface area contributed by atoms with Crippen LogP contribution in [0, 0.1) is 25.7 Å². The molecule has 0 aliphatic carbocycles. The minimum absolute atomic E-state index is 0.279. The van der Waals surface area contributed by atoms with Crippen molar-refractivity contribution in [2.45, 2.75) is 32.8 Å². The molecule has 4 heteroatoms. The van der Waals surface area contributed by atoms with Gasteiger partial charge in [0, 0.05) is 12.5 Å². The van der Waals surface area contributed by atoms with Crippen molar-refractivity contribution < 1.29 is 14.3 Å². The van der Waals surface area contributed by atoms with Gasteiger partial charge in [0.25, 0.3) is 0 Å². The van der Waals surface area contributed by atoms with Crippen LogP contribution < -0.4 is 4.74 Å². The van der Waals surface area contributed by atoms with Crippen molar-refractivity contribution in [3.05, 3.63) is 41.2 Å². The minimum Gasteiger partial charge on any atom is -0.496 e. The van der Waals surface area contributed by atoms with Gasteiger partial charge in [-0.2, -0.15) is 0 Å². The number of piperidine rings is 3. The number of rotatable bonds is 4. The maximum Gasteiger partial charge on any atom is 0.141 e. The molecular formula is C21H27NO3. The lowest BCUT2D eigenvalue weighted by molar-refractivity contribution is -0.0342. The van der Waals surface area contributed by atoms with Crippen molar-refractivity contribution in [1.82, 2.24) is 4.90 Å². The topological polar surface area (TPSA) is 45.8 Å². The fraction of sp³-hybridized carbons (Fsp3) is 0.524. The molecule has 25 heavy (non-hydrogen) atoms. The van der Waals surface area contributed by atoms with E-state index in [1.807, 2.05) is 32.0 Å². The van der Waals surface area contributed by atoms with Crippen molar-refractivity contribution in [2.75, 3.05) is 26.7 Å². The van der Waals surface area contributed by atoms with E-state index in [1.54, 1.807) is 7.11 Å². The first-order valence-corrected chi connectivity index (χ1v) is 9.22. The van der Waals surface area contributed by atoms with Crippen LogP contribution in [0.15, 0.2) is 28.7 Å². The van der Waals surface area contributed by atoms with E-state index >= 15 is 0 Å². The highest BCUT2D eigenvalue weighted by Crippen LogP contribution is 2.42. The summed E-state index contributed by atoms with van der Waals surface area (Å²) in [7, 11) is 1.68. The molecule has 3 saturated heterocycles. The number of methoxy groups -OCH3 is 1. The van der Waals surface area contributed by atoms with Gasteiger partial charge in [-0.3, -0.25) is 0 Å². The SMILES string of the molecule is COc1cc(C)ccc1-c1oc([C@@H](O)C2CN3CCC2CC3)cc1C. The number of aliphatic hydroxyl groups is 1. The Balaban J connectivity index is 1.64. The smallest absolute Gasteiger partial charge is 0.141 e. The van der Waals surface area contributed by atoms with Crippen molar-refractivity contribution >= 4 is 0 Å². The average Bonchev–Trinajstić information content (AvgIpc) is 3.03. The van der Waals surface area contributed by atoms with E-state index in [0.29, 0.717) is 11.7 Å².